The molecule has 0 radical (unpaired) electrons. The number of furan rings is 1. The fraction of sp³-hybridized carbons (Fsp3) is 0.111. The number of fused-ring (bicyclic) bond motifs is 6. The summed E-state index contributed by atoms with van der Waals surface area (Å²) in [7, 11) is 0. The summed E-state index contributed by atoms with van der Waals surface area (Å²) in [6.45, 7) is 6.68. The van der Waals surface area contributed by atoms with Gasteiger partial charge in [0, 0.05) is 27.3 Å². The molecule has 0 bridgehead atoms. The maximum atomic E-state index is 6.25. The Kier molecular flexibility index (Phi) is 5.22. The van der Waals surface area contributed by atoms with Crippen molar-refractivity contribution in [2.45, 2.75) is 26.2 Å². The van der Waals surface area contributed by atoms with E-state index in [0.29, 0.717) is 0 Å². The van der Waals surface area contributed by atoms with Crippen molar-refractivity contribution in [1.29, 1.82) is 0 Å². The lowest BCUT2D eigenvalue weighted by atomic mass is 9.87. The Balaban J connectivity index is 1.31. The van der Waals surface area contributed by atoms with Gasteiger partial charge in [0.2, 0.25) is 0 Å². The van der Waals surface area contributed by atoms with Crippen LogP contribution in [0.25, 0.3) is 71.4 Å². The van der Waals surface area contributed by atoms with Gasteiger partial charge in [0.1, 0.15) is 16.2 Å². The largest absolute Gasteiger partial charge is 0.456 e. The van der Waals surface area contributed by atoms with Gasteiger partial charge >= 0.3 is 0 Å². The number of aromatic nitrogens is 3. The van der Waals surface area contributed by atoms with Gasteiger partial charge in [-0.1, -0.05) is 99.6 Å². The first kappa shape index (κ1) is 24.1. The third kappa shape index (κ3) is 3.80. The van der Waals surface area contributed by atoms with Crippen LogP contribution in [-0.4, -0.2) is 13.9 Å². The molecule has 8 rings (SSSR count). The fourth-order valence-corrected chi connectivity index (χ4v) is 6.56. The second kappa shape index (κ2) is 8.88. The molecule has 0 unspecified atom stereocenters. The minimum Gasteiger partial charge on any atom is -0.456 e. The van der Waals surface area contributed by atoms with Crippen LogP contribution in [0.15, 0.2) is 114 Å². The molecule has 0 N–H and O–H groups in total. The summed E-state index contributed by atoms with van der Waals surface area (Å²) in [5.41, 5.74) is 8.69. The zero-order valence-corrected chi connectivity index (χ0v) is 23.9. The molecule has 0 atom stereocenters. The lowest BCUT2D eigenvalue weighted by Crippen LogP contribution is -2.10. The van der Waals surface area contributed by atoms with E-state index in [1.54, 1.807) is 0 Å². The minimum atomic E-state index is 0.111. The molecular weight excluding hydrogens is 522 g/mol. The topological polar surface area (TPSA) is 43.9 Å². The number of para-hydroxylation sites is 2. The van der Waals surface area contributed by atoms with E-state index >= 15 is 0 Å². The summed E-state index contributed by atoms with van der Waals surface area (Å²) in [5, 5.41) is 5.57. The van der Waals surface area contributed by atoms with Gasteiger partial charge in [-0.05, 0) is 52.8 Å². The second-order valence-corrected chi connectivity index (χ2v) is 12.3. The lowest BCUT2D eigenvalue weighted by molar-refractivity contribution is 0.590. The summed E-state index contributed by atoms with van der Waals surface area (Å²) in [6.07, 6.45) is 0. The van der Waals surface area contributed by atoms with E-state index in [4.69, 9.17) is 13.8 Å². The van der Waals surface area contributed by atoms with Crippen molar-refractivity contribution >= 4 is 55.3 Å². The fourth-order valence-electron chi connectivity index (χ4n) is 5.88. The molecule has 3 heterocycles. The number of benzene rings is 5. The van der Waals surface area contributed by atoms with Crippen LogP contribution < -0.4 is 0 Å². The molecule has 3 aromatic heterocycles. The van der Waals surface area contributed by atoms with Crippen LogP contribution in [0, 0.1) is 0 Å². The van der Waals surface area contributed by atoms with Gasteiger partial charge in [0.25, 0.3) is 0 Å². The number of hydrogen-bond donors (Lipinski definition) is 0. The highest BCUT2D eigenvalue weighted by Gasteiger charge is 2.19. The van der Waals surface area contributed by atoms with Crippen LogP contribution >= 0.6 is 11.5 Å². The Bertz CT molecular complexity index is 2240. The second-order valence-electron chi connectivity index (χ2n) is 11.6. The van der Waals surface area contributed by atoms with Crippen LogP contribution in [0.1, 0.15) is 26.3 Å². The number of rotatable bonds is 3. The smallest absolute Gasteiger partial charge is 0.173 e. The first-order chi connectivity index (χ1) is 20.0. The van der Waals surface area contributed by atoms with Gasteiger partial charge in [0.05, 0.1) is 22.1 Å². The molecule has 4 nitrogen and oxygen atoms in total. The third-order valence-electron chi connectivity index (χ3n) is 7.98. The Morgan fingerprint density at radius 3 is 2.20 bits per heavy atom. The molecule has 0 spiro atoms. The van der Waals surface area contributed by atoms with Crippen molar-refractivity contribution in [2.24, 2.45) is 0 Å². The van der Waals surface area contributed by atoms with Crippen molar-refractivity contribution in [3.63, 3.8) is 0 Å². The normalized spacial score (nSPS) is 12.3. The van der Waals surface area contributed by atoms with Crippen LogP contribution in [-0.2, 0) is 5.41 Å². The molecule has 8 aromatic rings. The molecule has 0 fully saturated rings. The monoisotopic (exact) mass is 549 g/mol. The van der Waals surface area contributed by atoms with E-state index in [0.717, 1.165) is 60.6 Å². The third-order valence-corrected chi connectivity index (χ3v) is 8.74. The Morgan fingerprint density at radius 2 is 1.37 bits per heavy atom. The van der Waals surface area contributed by atoms with Crippen molar-refractivity contribution < 1.29 is 4.42 Å². The van der Waals surface area contributed by atoms with Gasteiger partial charge in [-0.3, -0.25) is 0 Å². The Hall–Kier alpha value is -4.74. The predicted molar refractivity (Wildman–Crippen MR) is 171 cm³/mol. The van der Waals surface area contributed by atoms with E-state index < -0.39 is 0 Å². The highest BCUT2D eigenvalue weighted by Crippen LogP contribution is 2.40. The van der Waals surface area contributed by atoms with Crippen LogP contribution in [0.2, 0.25) is 0 Å². The molecule has 0 aliphatic carbocycles. The predicted octanol–water partition coefficient (Wildman–Crippen LogP) is 10.2. The van der Waals surface area contributed by atoms with E-state index in [1.807, 2.05) is 12.1 Å². The summed E-state index contributed by atoms with van der Waals surface area (Å²) < 4.78 is 13.4. The maximum Gasteiger partial charge on any atom is 0.173 e. The molecule has 0 aliphatic rings. The summed E-state index contributed by atoms with van der Waals surface area (Å²) in [6, 6.07) is 38.4. The molecule has 5 aromatic carbocycles. The average Bonchev–Trinajstić information content (AvgIpc) is 3.71. The molecule has 41 heavy (non-hydrogen) atoms. The minimum absolute atomic E-state index is 0.111. The van der Waals surface area contributed by atoms with Gasteiger partial charge < -0.3 is 8.98 Å². The highest BCUT2D eigenvalue weighted by molar-refractivity contribution is 7.09. The van der Waals surface area contributed by atoms with Crippen LogP contribution in [0.3, 0.4) is 0 Å². The SMILES string of the molecule is CC(C)(C)c1ccc(-c2nsc(-c3ccc4c5ccccc5n(-c5cccc6oc7ccccc7c56)c4c3)n2)cc1. The van der Waals surface area contributed by atoms with E-state index in [9.17, 15) is 0 Å². The quantitative estimate of drug-likeness (QED) is 0.220. The zero-order valence-electron chi connectivity index (χ0n) is 23.1. The Morgan fingerprint density at radius 1 is 0.659 bits per heavy atom. The maximum absolute atomic E-state index is 6.25. The van der Waals surface area contributed by atoms with Crippen molar-refractivity contribution in [3.05, 3.63) is 115 Å². The summed E-state index contributed by atoms with van der Waals surface area (Å²) >= 11 is 1.44. The van der Waals surface area contributed by atoms with Crippen molar-refractivity contribution in [1.82, 2.24) is 13.9 Å². The number of nitrogens with zero attached hydrogens (tertiary/aromatic N) is 3. The first-order valence-electron chi connectivity index (χ1n) is 13.8. The van der Waals surface area contributed by atoms with Gasteiger partial charge in [-0.25, -0.2) is 4.98 Å². The zero-order chi connectivity index (χ0) is 27.7. The van der Waals surface area contributed by atoms with Gasteiger partial charge in [0.15, 0.2) is 5.82 Å². The molecule has 0 saturated heterocycles. The molecule has 5 heteroatoms. The highest BCUT2D eigenvalue weighted by atomic mass is 32.1. The standard InChI is InChI=1S/C36H27N3OS/c1-36(2,3)24-18-15-22(16-19-24)34-37-35(41-38-34)23-17-20-26-25-9-4-6-11-28(25)39(30(26)21-23)29-12-8-14-32-33(29)27-10-5-7-13-31(27)40-32/h4-21H,1-3H3. The molecule has 0 aliphatic heterocycles. The average molecular weight is 550 g/mol. The molecule has 0 amide bonds. The van der Waals surface area contributed by atoms with Gasteiger partial charge in [-0.15, -0.1) is 0 Å². The van der Waals surface area contributed by atoms with Crippen LogP contribution in [0.5, 0.6) is 0 Å². The molecular formula is C36H27N3OS. The lowest BCUT2D eigenvalue weighted by Gasteiger charge is -2.18. The van der Waals surface area contributed by atoms with Crippen molar-refractivity contribution in [2.75, 3.05) is 0 Å². The van der Waals surface area contributed by atoms with Gasteiger partial charge in [-0.2, -0.15) is 4.37 Å². The summed E-state index contributed by atoms with van der Waals surface area (Å²) in [4.78, 5) is 4.97. The Labute approximate surface area is 241 Å². The molecule has 198 valence electrons. The van der Waals surface area contributed by atoms with Crippen molar-refractivity contribution in [3.8, 4) is 27.6 Å². The van der Waals surface area contributed by atoms with E-state index in [-0.39, 0.29) is 5.41 Å². The molecule has 0 saturated carbocycles. The number of hydrogen-bond acceptors (Lipinski definition) is 4. The van der Waals surface area contributed by atoms with E-state index in [1.165, 1.54) is 27.9 Å². The first-order valence-corrected chi connectivity index (χ1v) is 14.6. The summed E-state index contributed by atoms with van der Waals surface area (Å²) in [5.74, 6) is 0.765. The van der Waals surface area contributed by atoms with E-state index in [2.05, 4.69) is 122 Å². The van der Waals surface area contributed by atoms with Crippen LogP contribution in [0.4, 0.5) is 0 Å².